The molecule has 2 aliphatic rings. The molecule has 0 spiro atoms. The van der Waals surface area contributed by atoms with E-state index in [2.05, 4.69) is 69.1 Å². The molecule has 1 saturated heterocycles. The molecule has 1 aromatic rings. The van der Waals surface area contributed by atoms with E-state index in [-0.39, 0.29) is 5.41 Å². The van der Waals surface area contributed by atoms with E-state index in [4.69, 9.17) is 4.99 Å². The number of aliphatic imine (C=N–C) groups is 1. The van der Waals surface area contributed by atoms with Gasteiger partial charge in [-0.2, -0.15) is 0 Å². The van der Waals surface area contributed by atoms with Crippen LogP contribution in [0.2, 0.25) is 0 Å². The number of piperidine rings is 1. The van der Waals surface area contributed by atoms with Gasteiger partial charge in [-0.15, -0.1) is 0 Å². The Balaban J connectivity index is 1.66. The van der Waals surface area contributed by atoms with Crippen LogP contribution in [0.5, 0.6) is 0 Å². The van der Waals surface area contributed by atoms with Gasteiger partial charge < -0.3 is 10.2 Å². The van der Waals surface area contributed by atoms with Crippen molar-refractivity contribution in [1.82, 2.24) is 10.2 Å². The Morgan fingerprint density at radius 2 is 1.87 bits per heavy atom. The van der Waals surface area contributed by atoms with Crippen molar-refractivity contribution in [1.29, 1.82) is 0 Å². The summed E-state index contributed by atoms with van der Waals surface area (Å²) < 4.78 is 0. The average molecular weight is 313 g/mol. The topological polar surface area (TPSA) is 27.6 Å². The Labute approximate surface area is 141 Å². The fraction of sp³-hybridized carbons (Fsp3) is 0.650. The number of guanidine groups is 1. The molecule has 2 heterocycles. The zero-order chi connectivity index (χ0) is 16.6. The molecular formula is C20H31N3. The third kappa shape index (κ3) is 3.54. The molecule has 3 rings (SSSR count). The number of nitrogens with one attached hydrogen (secondary N) is 1. The van der Waals surface area contributed by atoms with Gasteiger partial charge in [0.15, 0.2) is 5.96 Å². The van der Waals surface area contributed by atoms with Gasteiger partial charge in [-0.3, -0.25) is 4.99 Å². The molecule has 0 aliphatic carbocycles. The smallest absolute Gasteiger partial charge is 0.194 e. The third-order valence-corrected chi connectivity index (χ3v) is 5.29. The molecule has 3 unspecified atom stereocenters. The molecular weight excluding hydrogens is 282 g/mol. The molecule has 3 atom stereocenters. The molecule has 0 amide bonds. The summed E-state index contributed by atoms with van der Waals surface area (Å²) in [6.07, 6.45) is 2.62. The minimum absolute atomic E-state index is 0.210. The Kier molecular flexibility index (Phi) is 4.39. The lowest BCUT2D eigenvalue weighted by atomic mass is 9.86. The predicted octanol–water partition coefficient (Wildman–Crippen LogP) is 4.10. The maximum atomic E-state index is 4.77. The highest BCUT2D eigenvalue weighted by atomic mass is 15.4. The molecule has 0 bridgehead atoms. The first kappa shape index (κ1) is 16.4. The quantitative estimate of drug-likeness (QED) is 0.890. The highest BCUT2D eigenvalue weighted by molar-refractivity contribution is 5.82. The molecule has 126 valence electrons. The fourth-order valence-electron chi connectivity index (χ4n) is 3.62. The van der Waals surface area contributed by atoms with Crippen molar-refractivity contribution in [2.45, 2.75) is 65.0 Å². The summed E-state index contributed by atoms with van der Waals surface area (Å²) in [6, 6.07) is 9.95. The zero-order valence-corrected chi connectivity index (χ0v) is 15.3. The molecule has 0 saturated carbocycles. The van der Waals surface area contributed by atoms with Gasteiger partial charge in [0.1, 0.15) is 0 Å². The van der Waals surface area contributed by atoms with Crippen molar-refractivity contribution in [3.63, 3.8) is 0 Å². The van der Waals surface area contributed by atoms with Gasteiger partial charge in [-0.05, 0) is 42.2 Å². The number of hydrogen-bond acceptors (Lipinski definition) is 3. The molecule has 3 heteroatoms. The fourth-order valence-corrected chi connectivity index (χ4v) is 3.62. The molecule has 23 heavy (non-hydrogen) atoms. The van der Waals surface area contributed by atoms with E-state index in [1.54, 1.807) is 0 Å². The molecule has 1 aromatic carbocycles. The molecule has 2 aliphatic heterocycles. The predicted molar refractivity (Wildman–Crippen MR) is 97.9 cm³/mol. The van der Waals surface area contributed by atoms with E-state index in [0.29, 0.717) is 12.1 Å². The van der Waals surface area contributed by atoms with Crippen LogP contribution >= 0.6 is 0 Å². The maximum Gasteiger partial charge on any atom is 0.194 e. The van der Waals surface area contributed by atoms with E-state index in [1.165, 1.54) is 24.0 Å². The summed E-state index contributed by atoms with van der Waals surface area (Å²) in [6.45, 7) is 13.5. The lowest BCUT2D eigenvalue weighted by Crippen LogP contribution is -2.48. The van der Waals surface area contributed by atoms with Crippen LogP contribution in [0.25, 0.3) is 0 Å². The van der Waals surface area contributed by atoms with Gasteiger partial charge in [0.05, 0.1) is 18.6 Å². The van der Waals surface area contributed by atoms with E-state index in [0.717, 1.165) is 25.0 Å². The first-order valence-electron chi connectivity index (χ1n) is 9.02. The lowest BCUT2D eigenvalue weighted by molar-refractivity contribution is 0.210. The molecule has 1 fully saturated rings. The summed E-state index contributed by atoms with van der Waals surface area (Å²) in [7, 11) is 0. The van der Waals surface area contributed by atoms with E-state index < -0.39 is 0 Å². The first-order chi connectivity index (χ1) is 10.8. The van der Waals surface area contributed by atoms with Gasteiger partial charge in [-0.1, -0.05) is 52.0 Å². The van der Waals surface area contributed by atoms with E-state index >= 15 is 0 Å². The van der Waals surface area contributed by atoms with Crippen LogP contribution in [0.4, 0.5) is 0 Å². The van der Waals surface area contributed by atoms with Crippen LogP contribution in [-0.2, 0) is 5.41 Å². The van der Waals surface area contributed by atoms with Gasteiger partial charge in [-0.25, -0.2) is 0 Å². The van der Waals surface area contributed by atoms with Gasteiger partial charge in [0.25, 0.3) is 0 Å². The molecule has 1 N–H and O–H groups in total. The van der Waals surface area contributed by atoms with Crippen LogP contribution < -0.4 is 5.32 Å². The Hall–Kier alpha value is -1.51. The second kappa shape index (κ2) is 6.18. The lowest BCUT2D eigenvalue weighted by Gasteiger charge is -2.36. The Bertz CT molecular complexity index is 568. The van der Waals surface area contributed by atoms with E-state index in [9.17, 15) is 0 Å². The molecule has 0 aromatic heterocycles. The van der Waals surface area contributed by atoms with Gasteiger partial charge >= 0.3 is 0 Å². The summed E-state index contributed by atoms with van der Waals surface area (Å²) in [5, 5.41) is 3.65. The monoisotopic (exact) mass is 313 g/mol. The largest absolute Gasteiger partial charge is 0.350 e. The van der Waals surface area contributed by atoms with Crippen molar-refractivity contribution in [3.05, 3.63) is 35.4 Å². The van der Waals surface area contributed by atoms with Crippen molar-refractivity contribution >= 4 is 5.96 Å². The van der Waals surface area contributed by atoms with Crippen LogP contribution in [-0.4, -0.2) is 30.0 Å². The van der Waals surface area contributed by atoms with Crippen LogP contribution in [0, 0.1) is 5.92 Å². The second-order valence-corrected chi connectivity index (χ2v) is 8.39. The molecule has 0 radical (unpaired) electrons. The standard InChI is InChI=1S/C20H31N3/c1-14-6-11-18-12-21-19(23(18)13-14)22-15(2)16-7-9-17(10-8-16)20(3,4)5/h7-10,14-15,18H,6,11-13H2,1-5H3,(H,21,22). The van der Waals surface area contributed by atoms with Gasteiger partial charge in [0, 0.05) is 6.54 Å². The van der Waals surface area contributed by atoms with Crippen LogP contribution in [0.15, 0.2) is 29.3 Å². The number of hydrogen-bond donors (Lipinski definition) is 1. The van der Waals surface area contributed by atoms with E-state index in [1.807, 2.05) is 0 Å². The number of rotatable bonds is 2. The van der Waals surface area contributed by atoms with Gasteiger partial charge in [0.2, 0.25) is 0 Å². The zero-order valence-electron chi connectivity index (χ0n) is 15.3. The maximum absolute atomic E-state index is 4.77. The highest BCUT2D eigenvalue weighted by Gasteiger charge is 2.33. The highest BCUT2D eigenvalue weighted by Crippen LogP contribution is 2.27. The summed E-state index contributed by atoms with van der Waals surface area (Å²) in [4.78, 5) is 7.26. The van der Waals surface area contributed by atoms with Crippen molar-refractivity contribution in [2.75, 3.05) is 13.1 Å². The van der Waals surface area contributed by atoms with Crippen molar-refractivity contribution in [3.8, 4) is 0 Å². The summed E-state index contributed by atoms with van der Waals surface area (Å²) >= 11 is 0. The number of fused-ring (bicyclic) bond motifs is 1. The number of benzene rings is 1. The Morgan fingerprint density at radius 3 is 2.52 bits per heavy atom. The summed E-state index contributed by atoms with van der Waals surface area (Å²) in [5.41, 5.74) is 2.92. The van der Waals surface area contributed by atoms with Crippen molar-refractivity contribution < 1.29 is 0 Å². The average Bonchev–Trinajstić information content (AvgIpc) is 2.89. The minimum atomic E-state index is 0.210. The SMILES string of the molecule is CC1CCC2CN=C(NC(C)c3ccc(C(C)(C)C)cc3)N2C1. The summed E-state index contributed by atoms with van der Waals surface area (Å²) in [5.74, 6) is 1.88. The second-order valence-electron chi connectivity index (χ2n) is 8.39. The van der Waals surface area contributed by atoms with Crippen molar-refractivity contribution in [2.24, 2.45) is 10.9 Å². The first-order valence-corrected chi connectivity index (χ1v) is 9.02. The van der Waals surface area contributed by atoms with Crippen LogP contribution in [0.1, 0.15) is 64.6 Å². The normalized spacial score (nSPS) is 25.8. The minimum Gasteiger partial charge on any atom is -0.350 e. The van der Waals surface area contributed by atoms with Crippen LogP contribution in [0.3, 0.4) is 0 Å². The molecule has 3 nitrogen and oxygen atoms in total. The Morgan fingerprint density at radius 1 is 1.17 bits per heavy atom. The number of nitrogens with zero attached hydrogens (tertiary/aromatic N) is 2. The third-order valence-electron chi connectivity index (χ3n) is 5.29.